The van der Waals surface area contributed by atoms with Crippen molar-refractivity contribution in [3.05, 3.63) is 48.0 Å². The third-order valence-electron chi connectivity index (χ3n) is 10.4. The minimum absolute atomic E-state index is 0.0948. The Kier molecular flexibility index (Phi) is 6.96. The summed E-state index contributed by atoms with van der Waals surface area (Å²) in [7, 11) is 0. The summed E-state index contributed by atoms with van der Waals surface area (Å²) in [6.45, 7) is 6.50. The lowest BCUT2D eigenvalue weighted by Gasteiger charge is -2.62. The Morgan fingerprint density at radius 1 is 1.23 bits per heavy atom. The monoisotopic (exact) mass is 556 g/mol. The van der Waals surface area contributed by atoms with Gasteiger partial charge in [-0.2, -0.15) is 0 Å². The highest BCUT2D eigenvalue weighted by molar-refractivity contribution is 6.01. The molecule has 0 bridgehead atoms. The van der Waals surface area contributed by atoms with Gasteiger partial charge in [0.1, 0.15) is 0 Å². The molecule has 216 valence electrons. The first-order valence-electron chi connectivity index (χ1n) is 14.1. The molecule has 9 heteroatoms. The van der Waals surface area contributed by atoms with Gasteiger partial charge in [-0.15, -0.1) is 0 Å². The number of hydrogen-bond donors (Lipinski definition) is 1. The van der Waals surface area contributed by atoms with Crippen molar-refractivity contribution in [2.24, 2.45) is 28.6 Å². The normalized spacial score (nSPS) is 40.0. The van der Waals surface area contributed by atoms with E-state index in [-0.39, 0.29) is 24.4 Å². The summed E-state index contributed by atoms with van der Waals surface area (Å²) in [6, 6.07) is 2.95. The highest BCUT2D eigenvalue weighted by atomic mass is 19.1. The number of aliphatic hydroxyl groups is 1. The van der Waals surface area contributed by atoms with Gasteiger partial charge in [-0.1, -0.05) is 32.4 Å². The maximum atomic E-state index is 17.5. The molecular formula is C31H37FO8. The van der Waals surface area contributed by atoms with Gasteiger partial charge < -0.3 is 19.0 Å². The molecule has 0 amide bonds. The molecule has 8 atom stereocenters. The molecule has 1 N–H and O–H groups in total. The van der Waals surface area contributed by atoms with E-state index in [4.69, 9.17) is 13.9 Å². The summed E-state index contributed by atoms with van der Waals surface area (Å²) in [5.74, 6) is -3.98. The Morgan fingerprint density at radius 3 is 2.65 bits per heavy atom. The van der Waals surface area contributed by atoms with Crippen molar-refractivity contribution in [2.45, 2.75) is 83.6 Å². The van der Waals surface area contributed by atoms with Crippen LogP contribution in [0.1, 0.15) is 76.8 Å². The Bertz CT molecular complexity index is 1280. The number of carbonyl (C=O) groups is 4. The molecule has 1 aromatic heterocycles. The number of alkyl halides is 1. The van der Waals surface area contributed by atoms with Crippen LogP contribution in [-0.4, -0.2) is 52.6 Å². The van der Waals surface area contributed by atoms with Gasteiger partial charge in [0.05, 0.1) is 12.4 Å². The summed E-state index contributed by atoms with van der Waals surface area (Å²) in [5, 5.41) is 11.7. The largest absolute Gasteiger partial charge is 0.457 e. The lowest BCUT2D eigenvalue weighted by molar-refractivity contribution is -0.220. The number of allylic oxidation sites excluding steroid dienone is 4. The van der Waals surface area contributed by atoms with E-state index in [1.807, 2.05) is 6.92 Å². The van der Waals surface area contributed by atoms with E-state index < -0.39 is 70.3 Å². The van der Waals surface area contributed by atoms with Gasteiger partial charge in [0, 0.05) is 29.1 Å². The first kappa shape index (κ1) is 28.5. The van der Waals surface area contributed by atoms with Crippen LogP contribution in [0.5, 0.6) is 0 Å². The quantitative estimate of drug-likeness (QED) is 0.480. The minimum atomic E-state index is -2.10. The van der Waals surface area contributed by atoms with Crippen molar-refractivity contribution >= 4 is 23.5 Å². The number of furan rings is 1. The van der Waals surface area contributed by atoms with Crippen LogP contribution in [0.2, 0.25) is 0 Å². The second kappa shape index (κ2) is 9.79. The molecular weight excluding hydrogens is 519 g/mol. The number of Topliss-reactive ketones (excluding diaryl/α,β-unsaturated/α-hetero) is 1. The molecule has 0 radical (unpaired) electrons. The van der Waals surface area contributed by atoms with Gasteiger partial charge in [-0.25, -0.2) is 9.18 Å². The van der Waals surface area contributed by atoms with Crippen LogP contribution in [0.4, 0.5) is 4.39 Å². The summed E-state index contributed by atoms with van der Waals surface area (Å²) in [5.41, 5.74) is -5.61. The van der Waals surface area contributed by atoms with E-state index in [0.717, 1.165) is 0 Å². The molecule has 5 rings (SSSR count). The van der Waals surface area contributed by atoms with E-state index in [9.17, 15) is 24.3 Å². The van der Waals surface area contributed by atoms with E-state index in [2.05, 4.69) is 0 Å². The number of aliphatic hydroxyl groups excluding tert-OH is 1. The van der Waals surface area contributed by atoms with Crippen molar-refractivity contribution in [2.75, 3.05) is 6.61 Å². The van der Waals surface area contributed by atoms with Gasteiger partial charge in [-0.05, 0) is 69.2 Å². The van der Waals surface area contributed by atoms with Crippen LogP contribution in [0, 0.1) is 28.6 Å². The number of ether oxygens (including phenoxy) is 2. The Hall–Kier alpha value is -3.07. The topological polar surface area (TPSA) is 120 Å². The molecule has 4 aliphatic carbocycles. The molecule has 0 saturated heterocycles. The number of carbonyl (C=O) groups excluding carboxylic acids is 4. The van der Waals surface area contributed by atoms with Gasteiger partial charge in [0.15, 0.2) is 23.7 Å². The average Bonchev–Trinajstić information content (AvgIpc) is 3.51. The number of rotatable bonds is 7. The maximum absolute atomic E-state index is 17.5. The zero-order valence-corrected chi connectivity index (χ0v) is 23.4. The van der Waals surface area contributed by atoms with Crippen molar-refractivity contribution in [1.29, 1.82) is 0 Å². The van der Waals surface area contributed by atoms with Crippen LogP contribution in [0.15, 0.2) is 46.6 Å². The first-order chi connectivity index (χ1) is 18.8. The fraction of sp³-hybridized carbons (Fsp3) is 0.613. The van der Waals surface area contributed by atoms with Gasteiger partial charge in [-0.3, -0.25) is 14.4 Å². The van der Waals surface area contributed by atoms with Crippen LogP contribution in [0.25, 0.3) is 0 Å². The van der Waals surface area contributed by atoms with E-state index in [0.29, 0.717) is 31.3 Å². The SMILES string of the molecule is CCCC(=O)OCC(=O)[C@@]1(OC(=O)c2ccco2)C(C)C[C@H]2[C@@H]3CCC4=CC(=O)C=C[C@]4(C)[C@@]3(F)C(O)C[C@@]21C. The smallest absolute Gasteiger partial charge is 0.375 e. The molecule has 2 unspecified atom stereocenters. The number of hydrogen-bond acceptors (Lipinski definition) is 8. The zero-order chi connectivity index (χ0) is 29.1. The lowest BCUT2D eigenvalue weighted by Crippen LogP contribution is -2.70. The predicted molar refractivity (Wildman–Crippen MR) is 141 cm³/mol. The molecule has 0 aromatic carbocycles. The zero-order valence-electron chi connectivity index (χ0n) is 23.4. The number of esters is 2. The fourth-order valence-corrected chi connectivity index (χ4v) is 8.52. The molecule has 1 heterocycles. The maximum Gasteiger partial charge on any atom is 0.375 e. The van der Waals surface area contributed by atoms with Gasteiger partial charge in [0.25, 0.3) is 0 Å². The van der Waals surface area contributed by atoms with E-state index >= 15 is 4.39 Å². The van der Waals surface area contributed by atoms with Gasteiger partial charge in [0.2, 0.25) is 11.5 Å². The summed E-state index contributed by atoms with van der Waals surface area (Å²) >= 11 is 0. The highest BCUT2D eigenvalue weighted by Crippen LogP contribution is 2.71. The molecule has 0 spiro atoms. The highest BCUT2D eigenvalue weighted by Gasteiger charge is 2.77. The van der Waals surface area contributed by atoms with E-state index in [1.54, 1.807) is 26.8 Å². The molecule has 3 saturated carbocycles. The lowest BCUT2D eigenvalue weighted by atomic mass is 9.44. The Labute approximate surface area is 233 Å². The molecule has 1 aromatic rings. The molecule has 3 fully saturated rings. The second-order valence-corrected chi connectivity index (χ2v) is 12.3. The summed E-state index contributed by atoms with van der Waals surface area (Å²) < 4.78 is 34.2. The number of fused-ring (bicyclic) bond motifs is 5. The van der Waals surface area contributed by atoms with Crippen LogP contribution >= 0.6 is 0 Å². The number of ketones is 2. The van der Waals surface area contributed by atoms with Crippen LogP contribution in [0.3, 0.4) is 0 Å². The van der Waals surface area contributed by atoms with E-state index in [1.165, 1.54) is 30.5 Å². The third-order valence-corrected chi connectivity index (χ3v) is 10.4. The standard InChI is InChI=1S/C31H37FO8/c1-5-7-26(36)39-17-25(35)31(40-27(37)23-8-6-13-38-23)18(2)14-22-21-10-9-19-15-20(33)11-12-28(19,3)30(21,32)24(34)16-29(22,31)4/h6,8,11-13,15,18,21-22,24,34H,5,7,9-10,14,16-17H2,1-4H3/t18?,21-,22-,24?,28-,29-,30-,31-/m0/s1. The molecule has 8 nitrogen and oxygen atoms in total. The Morgan fingerprint density at radius 2 is 1.98 bits per heavy atom. The second-order valence-electron chi connectivity index (χ2n) is 12.3. The average molecular weight is 557 g/mol. The fourth-order valence-electron chi connectivity index (χ4n) is 8.52. The third kappa shape index (κ3) is 3.80. The number of halogens is 1. The summed E-state index contributed by atoms with van der Waals surface area (Å²) in [6.07, 6.45) is 5.91. The predicted octanol–water partition coefficient (Wildman–Crippen LogP) is 4.70. The van der Waals surface area contributed by atoms with Gasteiger partial charge >= 0.3 is 11.9 Å². The van der Waals surface area contributed by atoms with Crippen LogP contribution in [-0.2, 0) is 23.9 Å². The van der Waals surface area contributed by atoms with Crippen molar-refractivity contribution < 1.29 is 42.6 Å². The van der Waals surface area contributed by atoms with Crippen molar-refractivity contribution in [3.63, 3.8) is 0 Å². The molecule has 40 heavy (non-hydrogen) atoms. The minimum Gasteiger partial charge on any atom is -0.457 e. The Balaban J connectivity index is 1.58. The van der Waals surface area contributed by atoms with Crippen molar-refractivity contribution in [3.8, 4) is 0 Å². The van der Waals surface area contributed by atoms with Crippen molar-refractivity contribution in [1.82, 2.24) is 0 Å². The molecule has 4 aliphatic rings. The first-order valence-corrected chi connectivity index (χ1v) is 14.1. The summed E-state index contributed by atoms with van der Waals surface area (Å²) in [4.78, 5) is 51.7. The molecule has 0 aliphatic heterocycles. The van der Waals surface area contributed by atoms with Crippen LogP contribution < -0.4 is 0 Å².